The van der Waals surface area contributed by atoms with Crippen molar-refractivity contribution in [1.29, 1.82) is 0 Å². The predicted octanol–water partition coefficient (Wildman–Crippen LogP) is 1.58. The Morgan fingerprint density at radius 3 is 2.94 bits per heavy atom. The molecule has 0 saturated carbocycles. The Morgan fingerprint density at radius 2 is 2.22 bits per heavy atom. The van der Waals surface area contributed by atoms with Crippen molar-refractivity contribution in [2.75, 3.05) is 25.1 Å². The fourth-order valence-electron chi connectivity index (χ4n) is 1.55. The number of aromatic nitrogens is 2. The number of hydrogen-bond acceptors (Lipinski definition) is 7. The van der Waals surface area contributed by atoms with Crippen LogP contribution in [0.1, 0.15) is 6.92 Å². The van der Waals surface area contributed by atoms with Crippen molar-refractivity contribution in [2.45, 2.75) is 6.92 Å². The van der Waals surface area contributed by atoms with E-state index in [0.29, 0.717) is 31.0 Å². The van der Waals surface area contributed by atoms with Crippen molar-refractivity contribution in [3.05, 3.63) is 22.2 Å². The summed E-state index contributed by atoms with van der Waals surface area (Å²) >= 11 is 0. The van der Waals surface area contributed by atoms with Crippen molar-refractivity contribution in [2.24, 2.45) is 0 Å². The monoisotopic (exact) mass is 252 g/mol. The zero-order valence-corrected chi connectivity index (χ0v) is 9.75. The van der Waals surface area contributed by atoms with E-state index in [2.05, 4.69) is 20.3 Å². The van der Waals surface area contributed by atoms with E-state index in [-0.39, 0.29) is 11.2 Å². The predicted molar refractivity (Wildman–Crippen MR) is 63.4 cm³/mol. The smallest absolute Gasteiger partial charge is 0.300 e. The number of nitro groups is 1. The third kappa shape index (κ3) is 2.38. The van der Waals surface area contributed by atoms with Gasteiger partial charge in [-0.25, -0.2) is 4.63 Å². The SMILES string of the molecule is CCOCCNc1ccc([N+](=O)[O-])c2nonc12. The fourth-order valence-corrected chi connectivity index (χ4v) is 1.55. The molecular weight excluding hydrogens is 240 g/mol. The lowest BCUT2D eigenvalue weighted by molar-refractivity contribution is -0.383. The van der Waals surface area contributed by atoms with Gasteiger partial charge in [0.05, 0.1) is 17.2 Å². The van der Waals surface area contributed by atoms with Gasteiger partial charge in [0, 0.05) is 19.2 Å². The second-order valence-corrected chi connectivity index (χ2v) is 3.47. The number of ether oxygens (including phenoxy) is 1. The largest absolute Gasteiger partial charge is 0.381 e. The molecule has 18 heavy (non-hydrogen) atoms. The molecule has 2 aromatic rings. The minimum absolute atomic E-state index is 0.124. The lowest BCUT2D eigenvalue weighted by Crippen LogP contribution is -2.09. The topological polar surface area (TPSA) is 103 Å². The summed E-state index contributed by atoms with van der Waals surface area (Å²) in [4.78, 5) is 10.3. The van der Waals surface area contributed by atoms with E-state index >= 15 is 0 Å². The lowest BCUT2D eigenvalue weighted by atomic mass is 10.2. The number of hydrogen-bond donors (Lipinski definition) is 1. The number of non-ortho nitro benzene ring substituents is 1. The first kappa shape index (κ1) is 12.2. The third-order valence-electron chi connectivity index (χ3n) is 2.36. The first-order valence-corrected chi connectivity index (χ1v) is 5.45. The van der Waals surface area contributed by atoms with E-state index in [1.807, 2.05) is 6.92 Å². The highest BCUT2D eigenvalue weighted by atomic mass is 16.6. The van der Waals surface area contributed by atoms with E-state index in [1.54, 1.807) is 6.07 Å². The number of benzene rings is 1. The molecule has 0 aliphatic rings. The molecule has 0 radical (unpaired) electrons. The maximum absolute atomic E-state index is 10.8. The van der Waals surface area contributed by atoms with Crippen molar-refractivity contribution in [3.8, 4) is 0 Å². The summed E-state index contributed by atoms with van der Waals surface area (Å²) in [5, 5.41) is 21.1. The van der Waals surface area contributed by atoms with Crippen LogP contribution in [-0.4, -0.2) is 35.0 Å². The summed E-state index contributed by atoms with van der Waals surface area (Å²) in [6, 6.07) is 2.95. The average molecular weight is 252 g/mol. The molecule has 1 heterocycles. The molecule has 0 amide bonds. The molecule has 0 fully saturated rings. The van der Waals surface area contributed by atoms with E-state index in [9.17, 15) is 10.1 Å². The number of fused-ring (bicyclic) bond motifs is 1. The van der Waals surface area contributed by atoms with E-state index in [4.69, 9.17) is 4.74 Å². The Balaban J connectivity index is 2.22. The number of rotatable bonds is 6. The molecule has 8 heteroatoms. The highest BCUT2D eigenvalue weighted by Gasteiger charge is 2.19. The van der Waals surface area contributed by atoms with Gasteiger partial charge < -0.3 is 10.1 Å². The maximum atomic E-state index is 10.8. The van der Waals surface area contributed by atoms with Crippen LogP contribution < -0.4 is 5.32 Å². The van der Waals surface area contributed by atoms with E-state index in [1.165, 1.54) is 6.07 Å². The van der Waals surface area contributed by atoms with Crippen LogP contribution in [0.2, 0.25) is 0 Å². The Hall–Kier alpha value is -2.22. The summed E-state index contributed by atoms with van der Waals surface area (Å²) in [5.41, 5.74) is 1.00. The van der Waals surface area contributed by atoms with Crippen molar-refractivity contribution < 1.29 is 14.3 Å². The molecule has 1 aromatic heterocycles. The molecule has 0 unspecified atom stereocenters. The van der Waals surface area contributed by atoms with Crippen LogP contribution in [0.25, 0.3) is 11.0 Å². The van der Waals surface area contributed by atoms with Crippen LogP contribution in [0.15, 0.2) is 16.8 Å². The molecule has 0 spiro atoms. The van der Waals surface area contributed by atoms with Gasteiger partial charge in [0.2, 0.25) is 5.52 Å². The standard InChI is InChI=1S/C10H12N4O4/c1-2-17-6-5-11-7-3-4-8(14(15)16)10-9(7)12-18-13-10/h3-4,11H,2,5-6H2,1H3. The highest BCUT2D eigenvalue weighted by molar-refractivity contribution is 5.93. The molecule has 0 aliphatic heterocycles. The first-order valence-electron chi connectivity index (χ1n) is 5.45. The summed E-state index contributed by atoms with van der Waals surface area (Å²) in [5.74, 6) is 0. The molecule has 96 valence electrons. The van der Waals surface area contributed by atoms with Crippen LogP contribution in [0.3, 0.4) is 0 Å². The fraction of sp³-hybridized carbons (Fsp3) is 0.400. The van der Waals surface area contributed by atoms with Gasteiger partial charge in [0.15, 0.2) is 5.52 Å². The highest BCUT2D eigenvalue weighted by Crippen LogP contribution is 2.28. The van der Waals surface area contributed by atoms with Gasteiger partial charge >= 0.3 is 5.69 Å². The van der Waals surface area contributed by atoms with Crippen molar-refractivity contribution in [1.82, 2.24) is 10.3 Å². The van der Waals surface area contributed by atoms with Gasteiger partial charge in [-0.3, -0.25) is 10.1 Å². The third-order valence-corrected chi connectivity index (χ3v) is 2.36. The quantitative estimate of drug-likeness (QED) is 0.472. The van der Waals surface area contributed by atoms with Gasteiger partial charge in [-0.1, -0.05) is 0 Å². The van der Waals surface area contributed by atoms with Gasteiger partial charge in [0.25, 0.3) is 0 Å². The van der Waals surface area contributed by atoms with Gasteiger partial charge in [0.1, 0.15) is 0 Å². The Labute approximate surface area is 102 Å². The van der Waals surface area contributed by atoms with Crippen LogP contribution in [0, 0.1) is 10.1 Å². The van der Waals surface area contributed by atoms with Crippen LogP contribution >= 0.6 is 0 Å². The van der Waals surface area contributed by atoms with Gasteiger partial charge in [-0.05, 0) is 23.3 Å². The van der Waals surface area contributed by atoms with E-state index < -0.39 is 4.92 Å². The second kappa shape index (κ2) is 5.41. The van der Waals surface area contributed by atoms with E-state index in [0.717, 1.165) is 0 Å². The Morgan fingerprint density at radius 1 is 1.44 bits per heavy atom. The summed E-state index contributed by atoms with van der Waals surface area (Å²) in [6.45, 7) is 3.67. The summed E-state index contributed by atoms with van der Waals surface area (Å²) < 4.78 is 9.73. The molecule has 8 nitrogen and oxygen atoms in total. The first-order chi connectivity index (χ1) is 8.74. The summed E-state index contributed by atoms with van der Waals surface area (Å²) in [7, 11) is 0. The molecule has 0 aliphatic carbocycles. The Bertz CT molecular complexity index is 554. The maximum Gasteiger partial charge on any atom is 0.300 e. The molecule has 2 rings (SSSR count). The molecule has 0 saturated heterocycles. The zero-order valence-electron chi connectivity index (χ0n) is 9.75. The zero-order chi connectivity index (χ0) is 13.0. The minimum atomic E-state index is -0.517. The van der Waals surface area contributed by atoms with Crippen LogP contribution in [0.4, 0.5) is 11.4 Å². The molecule has 0 bridgehead atoms. The van der Waals surface area contributed by atoms with Gasteiger partial charge in [-0.15, -0.1) is 0 Å². The molecular formula is C10H12N4O4. The minimum Gasteiger partial charge on any atom is -0.381 e. The Kier molecular flexibility index (Phi) is 3.68. The van der Waals surface area contributed by atoms with Crippen molar-refractivity contribution >= 4 is 22.4 Å². The lowest BCUT2D eigenvalue weighted by Gasteiger charge is -2.05. The van der Waals surface area contributed by atoms with Crippen molar-refractivity contribution in [3.63, 3.8) is 0 Å². The van der Waals surface area contributed by atoms with Crippen LogP contribution in [0.5, 0.6) is 0 Å². The summed E-state index contributed by atoms with van der Waals surface area (Å²) in [6.07, 6.45) is 0. The molecule has 0 atom stereocenters. The average Bonchev–Trinajstić information content (AvgIpc) is 2.83. The normalized spacial score (nSPS) is 10.7. The number of nitrogens with one attached hydrogen (secondary N) is 1. The number of nitro benzene ring substituents is 1. The molecule has 1 aromatic carbocycles. The number of nitrogens with zero attached hydrogens (tertiary/aromatic N) is 3. The molecule has 1 N–H and O–H groups in total. The number of anilines is 1. The second-order valence-electron chi connectivity index (χ2n) is 3.47. The van der Waals surface area contributed by atoms with Gasteiger partial charge in [-0.2, -0.15) is 0 Å². The van der Waals surface area contributed by atoms with Crippen LogP contribution in [-0.2, 0) is 4.74 Å².